The van der Waals surface area contributed by atoms with Gasteiger partial charge in [-0.1, -0.05) is 22.9 Å². The number of carbonyl (C=O) groups is 1. The number of benzene rings is 1. The first-order valence-corrected chi connectivity index (χ1v) is 8.42. The largest absolute Gasteiger partial charge is 0.493 e. The van der Waals surface area contributed by atoms with E-state index in [4.69, 9.17) is 9.26 Å². The maximum Gasteiger partial charge on any atom is 0.249 e. The van der Waals surface area contributed by atoms with Crippen molar-refractivity contribution >= 4 is 5.91 Å². The molecule has 0 bridgehead atoms. The van der Waals surface area contributed by atoms with Crippen LogP contribution in [0.5, 0.6) is 5.75 Å². The van der Waals surface area contributed by atoms with E-state index in [0.29, 0.717) is 18.1 Å². The molecule has 7 nitrogen and oxygen atoms in total. The quantitative estimate of drug-likeness (QED) is 0.893. The summed E-state index contributed by atoms with van der Waals surface area (Å²) in [6.07, 6.45) is 0.0519. The van der Waals surface area contributed by atoms with Gasteiger partial charge in [0.1, 0.15) is 11.8 Å². The summed E-state index contributed by atoms with van der Waals surface area (Å²) in [5.74, 6) is 1.57. The Bertz CT molecular complexity index is 759. The third kappa shape index (κ3) is 3.99. The first-order chi connectivity index (χ1) is 11.9. The van der Waals surface area contributed by atoms with Gasteiger partial charge in [0, 0.05) is 13.0 Å². The molecule has 2 atom stereocenters. The number of aryl methyl sites for hydroxylation is 3. The van der Waals surface area contributed by atoms with Gasteiger partial charge in [0.2, 0.25) is 11.8 Å². The maximum atomic E-state index is 12.6. The molecule has 1 aromatic carbocycles. The van der Waals surface area contributed by atoms with Crippen molar-refractivity contribution in [3.05, 3.63) is 41.0 Å². The van der Waals surface area contributed by atoms with Gasteiger partial charge in [-0.15, -0.1) is 0 Å². The van der Waals surface area contributed by atoms with Crippen LogP contribution in [0.15, 0.2) is 22.7 Å². The van der Waals surface area contributed by atoms with Crippen LogP contribution in [0.25, 0.3) is 0 Å². The van der Waals surface area contributed by atoms with E-state index in [9.17, 15) is 9.90 Å². The van der Waals surface area contributed by atoms with Crippen LogP contribution in [-0.2, 0) is 4.79 Å². The van der Waals surface area contributed by atoms with Crippen LogP contribution in [0.4, 0.5) is 0 Å². The van der Waals surface area contributed by atoms with Gasteiger partial charge in [-0.3, -0.25) is 4.79 Å². The van der Waals surface area contributed by atoms with Gasteiger partial charge < -0.3 is 19.3 Å². The number of hydrogen-bond acceptors (Lipinski definition) is 6. The van der Waals surface area contributed by atoms with Gasteiger partial charge in [-0.05, 0) is 32.4 Å². The van der Waals surface area contributed by atoms with E-state index < -0.39 is 6.10 Å². The average molecular weight is 345 g/mol. The van der Waals surface area contributed by atoms with E-state index in [1.807, 2.05) is 32.0 Å². The Morgan fingerprint density at radius 1 is 1.40 bits per heavy atom. The maximum absolute atomic E-state index is 12.6. The molecule has 2 aromatic rings. The van der Waals surface area contributed by atoms with Crippen LogP contribution in [0.2, 0.25) is 0 Å². The van der Waals surface area contributed by atoms with Crippen LogP contribution in [0.1, 0.15) is 41.7 Å². The first kappa shape index (κ1) is 17.4. The highest BCUT2D eigenvalue weighted by Crippen LogP contribution is 2.31. The monoisotopic (exact) mass is 345 g/mol. The van der Waals surface area contributed by atoms with Gasteiger partial charge in [0.05, 0.1) is 19.1 Å². The Morgan fingerprint density at radius 3 is 2.88 bits per heavy atom. The molecule has 1 fully saturated rings. The minimum absolute atomic E-state index is 0.0952. The zero-order valence-electron chi connectivity index (χ0n) is 14.7. The van der Waals surface area contributed by atoms with Gasteiger partial charge >= 0.3 is 0 Å². The van der Waals surface area contributed by atoms with Crippen LogP contribution < -0.4 is 4.74 Å². The van der Waals surface area contributed by atoms with E-state index in [1.165, 1.54) is 5.56 Å². The summed E-state index contributed by atoms with van der Waals surface area (Å²) in [6, 6.07) is 5.57. The molecular weight excluding hydrogens is 322 g/mol. The van der Waals surface area contributed by atoms with Crippen molar-refractivity contribution in [3.63, 3.8) is 0 Å². The number of hydrogen-bond donors (Lipinski definition) is 1. The molecule has 25 heavy (non-hydrogen) atoms. The number of ether oxygens (including phenoxy) is 1. The highest BCUT2D eigenvalue weighted by Gasteiger charge is 2.38. The Morgan fingerprint density at radius 2 is 2.20 bits per heavy atom. The summed E-state index contributed by atoms with van der Waals surface area (Å²) >= 11 is 0. The molecule has 1 saturated heterocycles. The SMILES string of the molecule is Cc1ccc(OCCC(=O)N2C[C@H](O)C[C@@H]2c2nc(C)no2)c(C)c1. The van der Waals surface area contributed by atoms with Crippen LogP contribution >= 0.6 is 0 Å². The minimum Gasteiger partial charge on any atom is -0.493 e. The normalized spacial score (nSPS) is 20.1. The second kappa shape index (κ2) is 7.23. The Hall–Kier alpha value is -2.41. The molecule has 1 N–H and O–H groups in total. The number of rotatable bonds is 5. The van der Waals surface area contributed by atoms with E-state index in [-0.39, 0.29) is 31.5 Å². The number of likely N-dealkylation sites (tertiary alicyclic amines) is 1. The average Bonchev–Trinajstić information content (AvgIpc) is 3.15. The number of aliphatic hydroxyl groups is 1. The van der Waals surface area contributed by atoms with Crippen molar-refractivity contribution in [2.75, 3.05) is 13.2 Å². The van der Waals surface area contributed by atoms with E-state index in [2.05, 4.69) is 10.1 Å². The predicted molar refractivity (Wildman–Crippen MR) is 90.1 cm³/mol. The lowest BCUT2D eigenvalue weighted by Crippen LogP contribution is -2.32. The molecular formula is C18H23N3O4. The highest BCUT2D eigenvalue weighted by atomic mass is 16.5. The summed E-state index contributed by atoms with van der Waals surface area (Å²) in [4.78, 5) is 18.3. The first-order valence-electron chi connectivity index (χ1n) is 8.42. The lowest BCUT2D eigenvalue weighted by atomic mass is 10.1. The van der Waals surface area contributed by atoms with Gasteiger partial charge in [-0.25, -0.2) is 0 Å². The second-order valence-corrected chi connectivity index (χ2v) is 6.50. The van der Waals surface area contributed by atoms with Crippen molar-refractivity contribution in [2.24, 2.45) is 0 Å². The molecule has 1 aliphatic heterocycles. The Labute approximate surface area is 146 Å². The second-order valence-electron chi connectivity index (χ2n) is 6.50. The molecule has 7 heteroatoms. The molecule has 3 rings (SSSR count). The van der Waals surface area contributed by atoms with Gasteiger partial charge in [-0.2, -0.15) is 4.98 Å². The summed E-state index contributed by atoms with van der Waals surface area (Å²) in [5, 5.41) is 13.7. The number of amides is 1. The van der Waals surface area contributed by atoms with Crippen molar-refractivity contribution < 1.29 is 19.2 Å². The molecule has 0 unspecified atom stereocenters. The molecule has 0 aliphatic carbocycles. The third-order valence-corrected chi connectivity index (χ3v) is 4.33. The number of aromatic nitrogens is 2. The molecule has 0 spiro atoms. The highest BCUT2D eigenvalue weighted by molar-refractivity contribution is 5.77. The zero-order valence-corrected chi connectivity index (χ0v) is 14.7. The van der Waals surface area contributed by atoms with Crippen LogP contribution in [-0.4, -0.2) is 45.3 Å². The summed E-state index contributed by atoms with van der Waals surface area (Å²) in [6.45, 7) is 6.29. The summed E-state index contributed by atoms with van der Waals surface area (Å²) in [5.41, 5.74) is 2.22. The fourth-order valence-corrected chi connectivity index (χ4v) is 3.13. The number of nitrogens with zero attached hydrogens (tertiary/aromatic N) is 3. The van der Waals surface area contributed by atoms with E-state index >= 15 is 0 Å². The topological polar surface area (TPSA) is 88.7 Å². The van der Waals surface area contributed by atoms with Crippen molar-refractivity contribution in [3.8, 4) is 5.75 Å². The van der Waals surface area contributed by atoms with Gasteiger partial charge in [0.15, 0.2) is 5.82 Å². The number of β-amino-alcohol motifs (C(OH)–C–C–N with tert-alkyl or cyclic N) is 1. The van der Waals surface area contributed by atoms with Crippen molar-refractivity contribution in [2.45, 2.75) is 45.8 Å². The third-order valence-electron chi connectivity index (χ3n) is 4.33. The fourth-order valence-electron chi connectivity index (χ4n) is 3.13. The van der Waals surface area contributed by atoms with Gasteiger partial charge in [0.25, 0.3) is 0 Å². The molecule has 1 aliphatic rings. The molecule has 2 heterocycles. The predicted octanol–water partition coefficient (Wildman–Crippen LogP) is 2.10. The van der Waals surface area contributed by atoms with Crippen LogP contribution in [0, 0.1) is 20.8 Å². The fraction of sp³-hybridized carbons (Fsp3) is 0.500. The van der Waals surface area contributed by atoms with E-state index in [1.54, 1.807) is 11.8 Å². The molecule has 134 valence electrons. The standard InChI is InChI=1S/C18H23N3O4/c1-11-4-5-16(12(2)8-11)24-7-6-17(23)21-10-14(22)9-15(21)18-19-13(3)20-25-18/h4-5,8,14-15,22H,6-7,9-10H2,1-3H3/t14-,15-/m1/s1. The van der Waals surface area contributed by atoms with Crippen molar-refractivity contribution in [1.29, 1.82) is 0 Å². The molecule has 1 amide bonds. The van der Waals surface area contributed by atoms with Crippen LogP contribution in [0.3, 0.4) is 0 Å². The smallest absolute Gasteiger partial charge is 0.249 e. The lowest BCUT2D eigenvalue weighted by Gasteiger charge is -2.21. The number of aliphatic hydroxyl groups excluding tert-OH is 1. The number of carbonyl (C=O) groups excluding carboxylic acids is 1. The summed E-state index contributed by atoms with van der Waals surface area (Å²) < 4.78 is 10.9. The lowest BCUT2D eigenvalue weighted by molar-refractivity contribution is -0.133. The van der Waals surface area contributed by atoms with E-state index in [0.717, 1.165) is 11.3 Å². The molecule has 1 aromatic heterocycles. The minimum atomic E-state index is -0.582. The molecule has 0 radical (unpaired) electrons. The van der Waals surface area contributed by atoms with Crippen molar-refractivity contribution in [1.82, 2.24) is 15.0 Å². The summed E-state index contributed by atoms with van der Waals surface area (Å²) in [7, 11) is 0. The zero-order chi connectivity index (χ0) is 18.0. The molecule has 0 saturated carbocycles. The Kier molecular flexibility index (Phi) is 5.03. The Balaban J connectivity index is 1.59.